The molecule has 0 aromatic rings. The van der Waals surface area contributed by atoms with Gasteiger partial charge in [0.15, 0.2) is 0 Å². The lowest BCUT2D eigenvalue weighted by Crippen LogP contribution is -2.31. The minimum absolute atomic E-state index is 0.445. The number of rotatable bonds is 6. The molecule has 0 saturated heterocycles. The Bertz CT molecular complexity index is 117. The van der Waals surface area contributed by atoms with Crippen molar-refractivity contribution in [3.8, 4) is 0 Å². The van der Waals surface area contributed by atoms with Gasteiger partial charge in [0.1, 0.15) is 0 Å². The lowest BCUT2D eigenvalue weighted by atomic mass is 10.2. The summed E-state index contributed by atoms with van der Waals surface area (Å²) in [6, 6.07) is 0.445. The molecule has 0 rings (SSSR count). The molecule has 2 unspecified atom stereocenters. The number of nitrogens with one attached hydrogen (secondary N) is 1. The molecule has 0 fully saturated rings. The molecule has 0 aliphatic rings. The highest BCUT2D eigenvalue weighted by atomic mass is 32.2. The van der Waals surface area contributed by atoms with E-state index in [1.165, 1.54) is 0 Å². The van der Waals surface area contributed by atoms with Gasteiger partial charge in [-0.05, 0) is 13.5 Å². The second kappa shape index (κ2) is 6.80. The molecule has 2 atom stereocenters. The Morgan fingerprint density at radius 1 is 1.45 bits per heavy atom. The Labute approximate surface area is 72.2 Å². The molecule has 1 N–H and O–H groups in total. The van der Waals surface area contributed by atoms with Gasteiger partial charge in [0.25, 0.3) is 0 Å². The van der Waals surface area contributed by atoms with Crippen molar-refractivity contribution in [3.05, 3.63) is 0 Å². The minimum atomic E-state index is -0.621. The quantitative estimate of drug-likeness (QED) is 0.659. The maximum absolute atomic E-state index is 11.1. The number of hydrogen-bond acceptors (Lipinski definition) is 2. The Morgan fingerprint density at radius 2 is 2.09 bits per heavy atom. The second-order valence-corrected chi connectivity index (χ2v) is 4.46. The third kappa shape index (κ3) is 5.39. The Balaban J connectivity index is 3.58. The molecule has 0 saturated carbocycles. The third-order valence-corrected chi connectivity index (χ3v) is 3.17. The van der Waals surface area contributed by atoms with Gasteiger partial charge >= 0.3 is 0 Å². The molecule has 0 spiro atoms. The van der Waals surface area contributed by atoms with Gasteiger partial charge in [0, 0.05) is 28.3 Å². The summed E-state index contributed by atoms with van der Waals surface area (Å²) >= 11 is 0. The van der Waals surface area contributed by atoms with E-state index in [0.717, 1.165) is 24.3 Å². The van der Waals surface area contributed by atoms with Gasteiger partial charge in [-0.2, -0.15) is 0 Å². The molecule has 0 aliphatic heterocycles. The van der Waals surface area contributed by atoms with Crippen molar-refractivity contribution in [2.24, 2.45) is 0 Å². The van der Waals surface area contributed by atoms with Crippen LogP contribution in [0.5, 0.6) is 0 Å². The van der Waals surface area contributed by atoms with Crippen LogP contribution in [0.3, 0.4) is 0 Å². The molecule has 0 radical (unpaired) electrons. The first-order valence-electron chi connectivity index (χ1n) is 4.26. The van der Waals surface area contributed by atoms with Crippen LogP contribution in [0.4, 0.5) is 0 Å². The predicted octanol–water partition coefficient (Wildman–Crippen LogP) is 1.14. The van der Waals surface area contributed by atoms with E-state index in [-0.39, 0.29) is 0 Å². The smallest absolute Gasteiger partial charge is 0.0388 e. The van der Waals surface area contributed by atoms with Gasteiger partial charge < -0.3 is 5.32 Å². The van der Waals surface area contributed by atoms with Crippen LogP contribution in [0.15, 0.2) is 0 Å². The fourth-order valence-electron chi connectivity index (χ4n) is 1.00. The first kappa shape index (κ1) is 11.1. The predicted molar refractivity (Wildman–Crippen MR) is 51.3 cm³/mol. The largest absolute Gasteiger partial charge is 0.316 e. The van der Waals surface area contributed by atoms with Crippen LogP contribution in [-0.2, 0) is 10.8 Å². The van der Waals surface area contributed by atoms with Crippen molar-refractivity contribution in [1.29, 1.82) is 0 Å². The average molecular weight is 177 g/mol. The highest BCUT2D eigenvalue weighted by molar-refractivity contribution is 7.84. The van der Waals surface area contributed by atoms with Crippen LogP contribution in [0.25, 0.3) is 0 Å². The summed E-state index contributed by atoms with van der Waals surface area (Å²) < 4.78 is 11.1. The van der Waals surface area contributed by atoms with Gasteiger partial charge in [0.05, 0.1) is 0 Å². The van der Waals surface area contributed by atoms with E-state index in [4.69, 9.17) is 0 Å². The van der Waals surface area contributed by atoms with E-state index in [0.29, 0.717) is 6.04 Å². The molecule has 0 bridgehead atoms. The van der Waals surface area contributed by atoms with Crippen LogP contribution < -0.4 is 5.32 Å². The van der Waals surface area contributed by atoms with Gasteiger partial charge in [0.2, 0.25) is 0 Å². The lowest BCUT2D eigenvalue weighted by molar-refractivity contribution is 0.557. The molecule has 0 aromatic carbocycles. The first-order valence-corrected chi connectivity index (χ1v) is 5.75. The SMILES string of the molecule is CCCC(CS(=O)CC)NC. The van der Waals surface area contributed by atoms with E-state index in [2.05, 4.69) is 12.2 Å². The zero-order chi connectivity index (χ0) is 8.69. The Hall–Kier alpha value is 0.110. The summed E-state index contributed by atoms with van der Waals surface area (Å²) in [5.41, 5.74) is 0. The minimum Gasteiger partial charge on any atom is -0.316 e. The first-order chi connectivity index (χ1) is 5.24. The van der Waals surface area contributed by atoms with E-state index in [1.54, 1.807) is 0 Å². The van der Waals surface area contributed by atoms with Crippen LogP contribution >= 0.6 is 0 Å². The highest BCUT2D eigenvalue weighted by Crippen LogP contribution is 1.98. The van der Waals surface area contributed by atoms with Crippen molar-refractivity contribution in [3.63, 3.8) is 0 Å². The molecule has 68 valence electrons. The average Bonchev–Trinajstić information content (AvgIpc) is 2.03. The van der Waals surface area contributed by atoms with Crippen molar-refractivity contribution < 1.29 is 4.21 Å². The third-order valence-electron chi connectivity index (χ3n) is 1.75. The van der Waals surface area contributed by atoms with Crippen molar-refractivity contribution in [1.82, 2.24) is 5.32 Å². The van der Waals surface area contributed by atoms with Gasteiger partial charge in [-0.25, -0.2) is 0 Å². The van der Waals surface area contributed by atoms with Gasteiger partial charge in [-0.1, -0.05) is 20.3 Å². The maximum Gasteiger partial charge on any atom is 0.0388 e. The summed E-state index contributed by atoms with van der Waals surface area (Å²) in [6.45, 7) is 4.12. The molecule has 0 aromatic heterocycles. The van der Waals surface area contributed by atoms with Gasteiger partial charge in [-0.15, -0.1) is 0 Å². The highest BCUT2D eigenvalue weighted by Gasteiger charge is 2.07. The zero-order valence-corrected chi connectivity index (χ0v) is 8.54. The lowest BCUT2D eigenvalue weighted by Gasteiger charge is -2.13. The molecule has 2 nitrogen and oxygen atoms in total. The van der Waals surface area contributed by atoms with Crippen molar-refractivity contribution in [2.75, 3.05) is 18.6 Å². The molecule has 3 heteroatoms. The monoisotopic (exact) mass is 177 g/mol. The molecule has 0 amide bonds. The van der Waals surface area contributed by atoms with Crippen molar-refractivity contribution >= 4 is 10.8 Å². The Kier molecular flexibility index (Phi) is 6.87. The summed E-state index contributed by atoms with van der Waals surface area (Å²) in [4.78, 5) is 0. The van der Waals surface area contributed by atoms with Gasteiger partial charge in [-0.3, -0.25) is 4.21 Å². The summed E-state index contributed by atoms with van der Waals surface area (Å²) in [5, 5.41) is 3.18. The number of hydrogen-bond donors (Lipinski definition) is 1. The fourth-order valence-corrected chi connectivity index (χ4v) is 2.02. The Morgan fingerprint density at radius 3 is 2.45 bits per heavy atom. The standard InChI is InChI=1S/C8H19NOS/c1-4-6-8(9-3)7-11(10)5-2/h8-9H,4-7H2,1-3H3. The molecule has 11 heavy (non-hydrogen) atoms. The summed E-state index contributed by atoms with van der Waals surface area (Å²) in [7, 11) is 1.32. The molecule has 0 heterocycles. The van der Waals surface area contributed by atoms with Crippen LogP contribution in [0.2, 0.25) is 0 Å². The van der Waals surface area contributed by atoms with E-state index in [1.807, 2.05) is 14.0 Å². The van der Waals surface area contributed by atoms with E-state index in [9.17, 15) is 4.21 Å². The molecular formula is C8H19NOS. The van der Waals surface area contributed by atoms with E-state index < -0.39 is 10.8 Å². The van der Waals surface area contributed by atoms with Crippen molar-refractivity contribution in [2.45, 2.75) is 32.7 Å². The zero-order valence-electron chi connectivity index (χ0n) is 7.72. The molecule has 0 aliphatic carbocycles. The van der Waals surface area contributed by atoms with Crippen LogP contribution in [-0.4, -0.2) is 28.8 Å². The molecular weight excluding hydrogens is 158 g/mol. The maximum atomic E-state index is 11.1. The summed E-state index contributed by atoms with van der Waals surface area (Å²) in [5.74, 6) is 1.59. The fraction of sp³-hybridized carbons (Fsp3) is 1.00. The van der Waals surface area contributed by atoms with E-state index >= 15 is 0 Å². The second-order valence-electron chi connectivity index (χ2n) is 2.67. The van der Waals surface area contributed by atoms with Crippen LogP contribution in [0.1, 0.15) is 26.7 Å². The summed E-state index contributed by atoms with van der Waals surface area (Å²) in [6.07, 6.45) is 2.29. The topological polar surface area (TPSA) is 29.1 Å². The van der Waals surface area contributed by atoms with Crippen LogP contribution in [0, 0.1) is 0 Å². The normalized spacial score (nSPS) is 16.3.